The molecule has 0 aliphatic heterocycles. The van der Waals surface area contributed by atoms with Crippen molar-refractivity contribution >= 4 is 44.2 Å². The van der Waals surface area contributed by atoms with Gasteiger partial charge in [-0.3, -0.25) is 14.5 Å². The average molecular weight is 445 g/mol. The highest BCUT2D eigenvalue weighted by Gasteiger charge is 2.27. The minimum Gasteiger partial charge on any atom is -0.293 e. The Morgan fingerprint density at radius 3 is 2.43 bits per heavy atom. The highest BCUT2D eigenvalue weighted by Crippen LogP contribution is 2.25. The normalized spacial score (nSPS) is 11.1. The third kappa shape index (κ3) is 4.21. The molecule has 23 heavy (non-hydrogen) atoms. The monoisotopic (exact) mass is 445 g/mol. The summed E-state index contributed by atoms with van der Waals surface area (Å²) in [5.41, 5.74) is 3.32. The molecule has 122 valence electrons. The van der Waals surface area contributed by atoms with Gasteiger partial charge in [0.1, 0.15) is 6.54 Å². The number of amides is 1. The number of hydrogen-bond acceptors (Lipinski definition) is 4. The molecular formula is C15H16IN3O3S. The number of nitrogens with one attached hydrogen (secondary N) is 1. The number of carbonyl (C=O) groups excluding carboxylic acids is 1. The Morgan fingerprint density at radius 1 is 1.22 bits per heavy atom. The molecule has 0 heterocycles. The van der Waals surface area contributed by atoms with E-state index < -0.39 is 22.5 Å². The topological polar surface area (TPSA) is 92.5 Å². The summed E-state index contributed by atoms with van der Waals surface area (Å²) in [6.45, 7) is 1.47. The van der Waals surface area contributed by atoms with Crippen LogP contribution in [0.4, 0.5) is 5.69 Å². The summed E-state index contributed by atoms with van der Waals surface area (Å²) in [6.07, 6.45) is 0. The molecule has 0 unspecified atom stereocenters. The van der Waals surface area contributed by atoms with E-state index in [9.17, 15) is 13.2 Å². The quantitative estimate of drug-likeness (QED) is 0.318. The van der Waals surface area contributed by atoms with Crippen LogP contribution < -0.4 is 15.6 Å². The van der Waals surface area contributed by atoms with Crippen LogP contribution in [-0.2, 0) is 14.8 Å². The fourth-order valence-corrected chi connectivity index (χ4v) is 3.90. The van der Waals surface area contributed by atoms with Crippen molar-refractivity contribution < 1.29 is 13.2 Å². The maximum Gasteiger partial charge on any atom is 0.264 e. The van der Waals surface area contributed by atoms with E-state index in [-0.39, 0.29) is 4.90 Å². The first-order valence-corrected chi connectivity index (χ1v) is 9.21. The van der Waals surface area contributed by atoms with Crippen molar-refractivity contribution in [2.75, 3.05) is 10.8 Å². The summed E-state index contributed by atoms with van der Waals surface area (Å²) < 4.78 is 27.7. The average Bonchev–Trinajstić information content (AvgIpc) is 2.52. The molecule has 0 aromatic heterocycles. The number of carbonyl (C=O) groups is 1. The Bertz CT molecular complexity index is 807. The number of nitrogens with zero attached hydrogens (tertiary/aromatic N) is 1. The number of anilines is 1. The molecule has 0 fully saturated rings. The number of rotatable bonds is 5. The minimum absolute atomic E-state index is 0.117. The summed E-state index contributed by atoms with van der Waals surface area (Å²) in [5.74, 6) is 4.51. The van der Waals surface area contributed by atoms with Crippen molar-refractivity contribution in [2.45, 2.75) is 11.8 Å². The molecule has 0 spiro atoms. The Kier molecular flexibility index (Phi) is 5.60. The largest absolute Gasteiger partial charge is 0.293 e. The van der Waals surface area contributed by atoms with Crippen LogP contribution in [0.3, 0.4) is 0 Å². The van der Waals surface area contributed by atoms with E-state index in [2.05, 4.69) is 22.6 Å². The lowest BCUT2D eigenvalue weighted by atomic mass is 10.2. The van der Waals surface area contributed by atoms with E-state index in [1.807, 2.05) is 18.4 Å². The molecule has 0 aliphatic carbocycles. The molecule has 3 N–H and O–H groups in total. The van der Waals surface area contributed by atoms with Gasteiger partial charge in [-0.2, -0.15) is 0 Å². The van der Waals surface area contributed by atoms with E-state index in [1.165, 1.54) is 12.1 Å². The molecule has 0 bridgehead atoms. The summed E-state index contributed by atoms with van der Waals surface area (Å²) in [5, 5.41) is 0. The molecule has 1 amide bonds. The summed E-state index contributed by atoms with van der Waals surface area (Å²) in [7, 11) is -3.88. The van der Waals surface area contributed by atoms with Gasteiger partial charge in [0.2, 0.25) is 0 Å². The fourth-order valence-electron chi connectivity index (χ4n) is 1.96. The lowest BCUT2D eigenvalue weighted by Crippen LogP contribution is -2.43. The predicted octanol–water partition coefficient (Wildman–Crippen LogP) is 1.78. The first-order chi connectivity index (χ1) is 10.8. The summed E-state index contributed by atoms with van der Waals surface area (Å²) >= 11 is 2.08. The number of aryl methyl sites for hydroxylation is 1. The van der Waals surface area contributed by atoms with E-state index in [0.29, 0.717) is 5.69 Å². The first kappa shape index (κ1) is 17.7. The number of benzene rings is 2. The van der Waals surface area contributed by atoms with Gasteiger partial charge in [-0.05, 0) is 59.8 Å². The second-order valence-electron chi connectivity index (χ2n) is 4.87. The Balaban J connectivity index is 2.51. The zero-order chi connectivity index (χ0) is 17.0. The van der Waals surface area contributed by atoms with Gasteiger partial charge >= 0.3 is 0 Å². The standard InChI is InChI=1S/C15H16IN3O3S/c1-11-5-7-14(8-6-11)23(21,22)19(10-15(20)18-17)13-4-2-3-12(16)9-13/h2-9H,10,17H2,1H3,(H,18,20). The molecule has 8 heteroatoms. The third-order valence-electron chi connectivity index (χ3n) is 3.15. The van der Waals surface area contributed by atoms with Gasteiger partial charge < -0.3 is 0 Å². The van der Waals surface area contributed by atoms with Gasteiger partial charge in [-0.1, -0.05) is 23.8 Å². The van der Waals surface area contributed by atoms with Gasteiger partial charge in [0.15, 0.2) is 0 Å². The Labute approximate surface area is 148 Å². The van der Waals surface area contributed by atoms with Gasteiger partial charge in [0.05, 0.1) is 10.6 Å². The van der Waals surface area contributed by atoms with Crippen molar-refractivity contribution in [1.29, 1.82) is 0 Å². The first-order valence-electron chi connectivity index (χ1n) is 6.69. The van der Waals surface area contributed by atoms with Crippen LogP contribution in [0.5, 0.6) is 0 Å². The molecule has 0 radical (unpaired) electrons. The summed E-state index contributed by atoms with van der Waals surface area (Å²) in [6, 6.07) is 13.4. The number of nitrogens with two attached hydrogens (primary N) is 1. The van der Waals surface area contributed by atoms with Gasteiger partial charge in [0, 0.05) is 3.57 Å². The van der Waals surface area contributed by atoms with Crippen molar-refractivity contribution in [2.24, 2.45) is 5.84 Å². The van der Waals surface area contributed by atoms with Crippen LogP contribution in [0.2, 0.25) is 0 Å². The van der Waals surface area contributed by atoms with Crippen LogP contribution in [0, 0.1) is 10.5 Å². The van der Waals surface area contributed by atoms with Crippen LogP contribution >= 0.6 is 22.6 Å². The molecular weight excluding hydrogens is 429 g/mol. The predicted molar refractivity (Wildman–Crippen MR) is 97.2 cm³/mol. The zero-order valence-electron chi connectivity index (χ0n) is 12.4. The van der Waals surface area contributed by atoms with E-state index in [0.717, 1.165) is 13.4 Å². The molecule has 0 atom stereocenters. The van der Waals surface area contributed by atoms with Crippen LogP contribution in [0.1, 0.15) is 5.56 Å². The van der Waals surface area contributed by atoms with Gasteiger partial charge in [-0.25, -0.2) is 14.3 Å². The highest BCUT2D eigenvalue weighted by molar-refractivity contribution is 14.1. The number of halogens is 1. The third-order valence-corrected chi connectivity index (χ3v) is 5.61. The molecule has 2 rings (SSSR count). The summed E-state index contributed by atoms with van der Waals surface area (Å²) in [4.78, 5) is 11.8. The molecule has 2 aromatic carbocycles. The van der Waals surface area contributed by atoms with Crippen LogP contribution in [0.25, 0.3) is 0 Å². The molecule has 0 saturated heterocycles. The lowest BCUT2D eigenvalue weighted by molar-refractivity contribution is -0.119. The van der Waals surface area contributed by atoms with Gasteiger partial charge in [0.25, 0.3) is 15.9 Å². The van der Waals surface area contributed by atoms with Crippen molar-refractivity contribution in [3.8, 4) is 0 Å². The maximum atomic E-state index is 12.9. The van der Waals surface area contributed by atoms with Crippen LogP contribution in [-0.4, -0.2) is 20.9 Å². The lowest BCUT2D eigenvalue weighted by Gasteiger charge is -2.24. The van der Waals surface area contributed by atoms with E-state index in [1.54, 1.807) is 30.3 Å². The number of sulfonamides is 1. The smallest absolute Gasteiger partial charge is 0.264 e. The number of hydrazine groups is 1. The van der Waals surface area contributed by atoms with Crippen molar-refractivity contribution in [1.82, 2.24) is 5.43 Å². The SMILES string of the molecule is Cc1ccc(S(=O)(=O)N(CC(=O)NN)c2cccc(I)c2)cc1. The van der Waals surface area contributed by atoms with Crippen molar-refractivity contribution in [3.05, 3.63) is 57.7 Å². The molecule has 2 aromatic rings. The Morgan fingerprint density at radius 2 is 1.87 bits per heavy atom. The second-order valence-corrected chi connectivity index (χ2v) is 7.98. The van der Waals surface area contributed by atoms with Gasteiger partial charge in [-0.15, -0.1) is 0 Å². The van der Waals surface area contributed by atoms with E-state index in [4.69, 9.17) is 5.84 Å². The zero-order valence-corrected chi connectivity index (χ0v) is 15.3. The molecule has 0 saturated carbocycles. The minimum atomic E-state index is -3.88. The molecule has 6 nitrogen and oxygen atoms in total. The van der Waals surface area contributed by atoms with Crippen molar-refractivity contribution in [3.63, 3.8) is 0 Å². The fraction of sp³-hybridized carbons (Fsp3) is 0.133. The molecule has 0 aliphatic rings. The second kappa shape index (κ2) is 7.28. The maximum absolute atomic E-state index is 12.9. The number of hydrogen-bond donors (Lipinski definition) is 2. The van der Waals surface area contributed by atoms with Crippen LogP contribution in [0.15, 0.2) is 53.4 Å². The van der Waals surface area contributed by atoms with E-state index >= 15 is 0 Å². The highest BCUT2D eigenvalue weighted by atomic mass is 127. The Hall–Kier alpha value is -1.65.